The number of fused-ring (bicyclic) bond motifs is 1. The molecule has 0 spiro atoms. The van der Waals surface area contributed by atoms with Gasteiger partial charge in [0.2, 0.25) is 0 Å². The van der Waals surface area contributed by atoms with Crippen molar-refractivity contribution in [3.05, 3.63) is 29.8 Å². The van der Waals surface area contributed by atoms with Crippen LogP contribution in [0.2, 0.25) is 0 Å². The summed E-state index contributed by atoms with van der Waals surface area (Å²) in [5, 5.41) is -0.396. The molecule has 0 fully saturated rings. The Kier molecular flexibility index (Phi) is 4.07. The van der Waals surface area contributed by atoms with Crippen LogP contribution in [0, 0.1) is 5.82 Å². The van der Waals surface area contributed by atoms with Crippen LogP contribution >= 0.6 is 11.6 Å². The molecule has 2 unspecified atom stereocenters. The Balaban J connectivity index is 2.62. The van der Waals surface area contributed by atoms with Crippen molar-refractivity contribution in [1.29, 1.82) is 0 Å². The van der Waals surface area contributed by atoms with Gasteiger partial charge in [-0.3, -0.25) is 0 Å². The maximum absolute atomic E-state index is 13.3. The third-order valence-corrected chi connectivity index (χ3v) is 4.30. The standard InChI is InChI=1S/C13H16ClFN2O2S/c1-8(7-20(3,18)19)17-12-5-4-10(15)6-11(12)16-13(17)9(2)14/h4-6,8-9H,7H2,1-3H3. The summed E-state index contributed by atoms with van der Waals surface area (Å²) in [5.41, 5.74) is 1.16. The zero-order valence-electron chi connectivity index (χ0n) is 11.5. The van der Waals surface area contributed by atoms with E-state index in [9.17, 15) is 12.8 Å². The number of halogens is 2. The van der Waals surface area contributed by atoms with E-state index in [0.29, 0.717) is 16.9 Å². The van der Waals surface area contributed by atoms with Crippen molar-refractivity contribution in [2.75, 3.05) is 12.0 Å². The summed E-state index contributed by atoms with van der Waals surface area (Å²) in [6.07, 6.45) is 1.19. The van der Waals surface area contributed by atoms with E-state index in [4.69, 9.17) is 11.6 Å². The third-order valence-electron chi connectivity index (χ3n) is 3.02. The molecule has 0 aliphatic rings. The highest BCUT2D eigenvalue weighted by atomic mass is 35.5. The lowest BCUT2D eigenvalue weighted by Crippen LogP contribution is -2.18. The SMILES string of the molecule is CC(Cl)c1nc2cc(F)ccc2n1C(C)CS(C)(=O)=O. The zero-order chi connectivity index (χ0) is 15.1. The molecule has 1 heterocycles. The van der Waals surface area contributed by atoms with E-state index in [1.807, 2.05) is 0 Å². The second kappa shape index (κ2) is 5.33. The molecule has 2 atom stereocenters. The van der Waals surface area contributed by atoms with Crippen LogP contribution in [-0.2, 0) is 9.84 Å². The van der Waals surface area contributed by atoms with Crippen molar-refractivity contribution in [1.82, 2.24) is 9.55 Å². The van der Waals surface area contributed by atoms with Crippen molar-refractivity contribution in [2.24, 2.45) is 0 Å². The number of rotatable bonds is 4. The van der Waals surface area contributed by atoms with E-state index < -0.39 is 15.2 Å². The first-order chi connectivity index (χ1) is 9.19. The molecule has 2 rings (SSSR count). The molecule has 7 heteroatoms. The molecule has 1 aromatic heterocycles. The van der Waals surface area contributed by atoms with E-state index in [1.54, 1.807) is 24.5 Å². The molecule has 0 saturated carbocycles. The van der Waals surface area contributed by atoms with Gasteiger partial charge in [0.25, 0.3) is 0 Å². The van der Waals surface area contributed by atoms with Crippen LogP contribution in [0.3, 0.4) is 0 Å². The first-order valence-electron chi connectivity index (χ1n) is 6.18. The lowest BCUT2D eigenvalue weighted by atomic mass is 10.3. The smallest absolute Gasteiger partial charge is 0.149 e. The van der Waals surface area contributed by atoms with E-state index in [1.165, 1.54) is 18.4 Å². The van der Waals surface area contributed by atoms with Crippen LogP contribution in [0.4, 0.5) is 4.39 Å². The van der Waals surface area contributed by atoms with Gasteiger partial charge >= 0.3 is 0 Å². The molecule has 1 aromatic carbocycles. The predicted octanol–water partition coefficient (Wildman–Crippen LogP) is 3.08. The van der Waals surface area contributed by atoms with Crippen molar-refractivity contribution in [2.45, 2.75) is 25.3 Å². The summed E-state index contributed by atoms with van der Waals surface area (Å²) in [4.78, 5) is 4.32. The number of sulfone groups is 1. The largest absolute Gasteiger partial charge is 0.323 e. The van der Waals surface area contributed by atoms with Crippen molar-refractivity contribution in [3.8, 4) is 0 Å². The first kappa shape index (κ1) is 15.3. The Morgan fingerprint density at radius 1 is 1.40 bits per heavy atom. The molecule has 0 saturated heterocycles. The number of hydrogen-bond donors (Lipinski definition) is 0. The van der Waals surface area contributed by atoms with Crippen LogP contribution in [0.1, 0.15) is 31.1 Å². The van der Waals surface area contributed by atoms with Gasteiger partial charge in [0.05, 0.1) is 22.2 Å². The molecule has 0 aliphatic carbocycles. The molecule has 0 N–H and O–H groups in total. The Bertz CT molecular complexity index is 740. The number of alkyl halides is 1. The molecule has 0 bridgehead atoms. The molecule has 0 aliphatic heterocycles. The predicted molar refractivity (Wildman–Crippen MR) is 78.4 cm³/mol. The Hall–Kier alpha value is -1.14. The van der Waals surface area contributed by atoms with Gasteiger partial charge in [0.15, 0.2) is 0 Å². The fourth-order valence-corrected chi connectivity index (χ4v) is 3.53. The summed E-state index contributed by atoms with van der Waals surface area (Å²) in [7, 11) is -3.13. The van der Waals surface area contributed by atoms with Crippen LogP contribution in [0.5, 0.6) is 0 Å². The molecular formula is C13H16ClFN2O2S. The van der Waals surface area contributed by atoms with Gasteiger partial charge in [-0.1, -0.05) is 0 Å². The van der Waals surface area contributed by atoms with Gasteiger partial charge in [-0.25, -0.2) is 17.8 Å². The second-order valence-electron chi connectivity index (χ2n) is 5.03. The average molecular weight is 319 g/mol. The second-order valence-corrected chi connectivity index (χ2v) is 7.87. The summed E-state index contributed by atoms with van der Waals surface area (Å²) < 4.78 is 38.0. The quantitative estimate of drug-likeness (QED) is 0.814. The summed E-state index contributed by atoms with van der Waals surface area (Å²) >= 11 is 6.11. The van der Waals surface area contributed by atoms with Gasteiger partial charge < -0.3 is 4.57 Å². The molecule has 20 heavy (non-hydrogen) atoms. The zero-order valence-corrected chi connectivity index (χ0v) is 13.0. The van der Waals surface area contributed by atoms with Crippen molar-refractivity contribution in [3.63, 3.8) is 0 Å². The highest BCUT2D eigenvalue weighted by Gasteiger charge is 2.21. The minimum atomic E-state index is -3.13. The number of hydrogen-bond acceptors (Lipinski definition) is 3. The summed E-state index contributed by atoms with van der Waals surface area (Å²) in [5.74, 6) is 0.141. The number of aromatic nitrogens is 2. The highest BCUT2D eigenvalue weighted by molar-refractivity contribution is 7.90. The minimum absolute atomic E-state index is 0.0214. The van der Waals surface area contributed by atoms with Gasteiger partial charge in [-0.2, -0.15) is 0 Å². The first-order valence-corrected chi connectivity index (χ1v) is 8.68. The van der Waals surface area contributed by atoms with Crippen molar-refractivity contribution < 1.29 is 12.8 Å². The van der Waals surface area contributed by atoms with Crippen LogP contribution < -0.4 is 0 Å². The van der Waals surface area contributed by atoms with E-state index in [2.05, 4.69) is 4.98 Å². The van der Waals surface area contributed by atoms with Crippen LogP contribution in [-0.4, -0.2) is 30.0 Å². The molecule has 2 aromatic rings. The number of nitrogens with zero attached hydrogens (tertiary/aromatic N) is 2. The number of benzene rings is 1. The third kappa shape index (κ3) is 3.12. The fraction of sp³-hybridized carbons (Fsp3) is 0.462. The van der Waals surface area contributed by atoms with Crippen molar-refractivity contribution >= 4 is 32.5 Å². The number of imidazole rings is 1. The topological polar surface area (TPSA) is 52.0 Å². The minimum Gasteiger partial charge on any atom is -0.323 e. The maximum atomic E-state index is 13.3. The van der Waals surface area contributed by atoms with Crippen LogP contribution in [0.25, 0.3) is 11.0 Å². The summed E-state index contributed by atoms with van der Waals surface area (Å²) in [6.45, 7) is 3.54. The Morgan fingerprint density at radius 2 is 2.05 bits per heavy atom. The van der Waals surface area contributed by atoms with E-state index >= 15 is 0 Å². The molecule has 110 valence electrons. The van der Waals surface area contributed by atoms with Gasteiger partial charge in [-0.05, 0) is 26.0 Å². The normalized spacial score (nSPS) is 15.4. The van der Waals surface area contributed by atoms with E-state index in [0.717, 1.165) is 0 Å². The average Bonchev–Trinajstić information content (AvgIpc) is 2.64. The molecule has 0 amide bonds. The maximum Gasteiger partial charge on any atom is 0.149 e. The lowest BCUT2D eigenvalue weighted by molar-refractivity contribution is 0.555. The Labute approximate surface area is 122 Å². The molecule has 4 nitrogen and oxygen atoms in total. The van der Waals surface area contributed by atoms with Gasteiger partial charge in [-0.15, -0.1) is 11.6 Å². The summed E-state index contributed by atoms with van der Waals surface area (Å²) in [6, 6.07) is 3.92. The monoisotopic (exact) mass is 318 g/mol. The highest BCUT2D eigenvalue weighted by Crippen LogP contribution is 2.28. The fourth-order valence-electron chi connectivity index (χ4n) is 2.35. The van der Waals surface area contributed by atoms with Gasteiger partial charge in [0, 0.05) is 18.4 Å². The Morgan fingerprint density at radius 3 is 2.60 bits per heavy atom. The lowest BCUT2D eigenvalue weighted by Gasteiger charge is -2.17. The van der Waals surface area contributed by atoms with Gasteiger partial charge in [0.1, 0.15) is 21.5 Å². The van der Waals surface area contributed by atoms with E-state index in [-0.39, 0.29) is 17.6 Å². The molecule has 0 radical (unpaired) electrons. The van der Waals surface area contributed by atoms with Crippen LogP contribution in [0.15, 0.2) is 18.2 Å². The molecular weight excluding hydrogens is 303 g/mol.